The van der Waals surface area contributed by atoms with Crippen molar-refractivity contribution >= 4 is 29.1 Å². The summed E-state index contributed by atoms with van der Waals surface area (Å²) in [6.07, 6.45) is -0.000591. The molecule has 2 rings (SSSR count). The molecule has 0 aliphatic heterocycles. The summed E-state index contributed by atoms with van der Waals surface area (Å²) in [6.45, 7) is -0.197. The average Bonchev–Trinajstić information content (AvgIpc) is 2.53. The third-order valence-electron chi connectivity index (χ3n) is 3.14. The number of methoxy groups -OCH3 is 1. The minimum atomic E-state index is -0.408. The van der Waals surface area contributed by atoms with Crippen LogP contribution < -0.4 is 15.4 Å². The van der Waals surface area contributed by atoms with Crippen LogP contribution in [0.1, 0.15) is 5.56 Å². The number of carbonyl (C=O) groups is 2. The normalized spacial score (nSPS) is 10.1. The van der Waals surface area contributed by atoms with E-state index in [0.29, 0.717) is 22.0 Å². The van der Waals surface area contributed by atoms with Gasteiger partial charge in [-0.3, -0.25) is 9.59 Å². The van der Waals surface area contributed by atoms with Crippen LogP contribution >= 0.6 is 11.6 Å². The van der Waals surface area contributed by atoms with Crippen molar-refractivity contribution in [3.8, 4) is 5.75 Å². The number of amides is 2. The van der Waals surface area contributed by atoms with Crippen LogP contribution in [0, 0.1) is 5.82 Å². The number of nitrogens with one attached hydrogen (secondary N) is 2. The average molecular weight is 351 g/mol. The Labute approximate surface area is 143 Å². The molecule has 0 fully saturated rings. The molecule has 126 valence electrons. The quantitative estimate of drug-likeness (QED) is 0.841. The van der Waals surface area contributed by atoms with Gasteiger partial charge in [-0.2, -0.15) is 0 Å². The fourth-order valence-electron chi connectivity index (χ4n) is 2.02. The third kappa shape index (κ3) is 5.24. The number of rotatable bonds is 6. The Morgan fingerprint density at radius 1 is 1.17 bits per heavy atom. The lowest BCUT2D eigenvalue weighted by Crippen LogP contribution is -2.33. The van der Waals surface area contributed by atoms with Crippen LogP contribution in [0.3, 0.4) is 0 Å². The molecule has 2 aromatic rings. The van der Waals surface area contributed by atoms with Crippen LogP contribution in [0.4, 0.5) is 10.1 Å². The fourth-order valence-corrected chi connectivity index (χ4v) is 2.28. The Bertz CT molecular complexity index is 752. The molecule has 0 aliphatic carbocycles. The predicted octanol–water partition coefficient (Wildman–Crippen LogP) is 2.79. The van der Waals surface area contributed by atoms with Crippen LogP contribution in [-0.2, 0) is 16.0 Å². The van der Waals surface area contributed by atoms with E-state index in [2.05, 4.69) is 10.6 Å². The molecule has 24 heavy (non-hydrogen) atoms. The van der Waals surface area contributed by atoms with Gasteiger partial charge in [0.05, 0.1) is 25.1 Å². The zero-order chi connectivity index (χ0) is 17.5. The van der Waals surface area contributed by atoms with Crippen molar-refractivity contribution in [2.24, 2.45) is 0 Å². The van der Waals surface area contributed by atoms with E-state index in [1.165, 1.54) is 25.3 Å². The Hall–Kier alpha value is -2.60. The molecule has 5 nitrogen and oxygen atoms in total. The van der Waals surface area contributed by atoms with Gasteiger partial charge in [-0.15, -0.1) is 0 Å². The van der Waals surface area contributed by atoms with Crippen molar-refractivity contribution in [2.45, 2.75) is 6.42 Å². The number of benzene rings is 2. The Morgan fingerprint density at radius 2 is 1.96 bits per heavy atom. The fraction of sp³-hybridized carbons (Fsp3) is 0.176. The number of ether oxygens (including phenoxy) is 1. The predicted molar refractivity (Wildman–Crippen MR) is 89.7 cm³/mol. The number of halogens is 2. The molecule has 2 N–H and O–H groups in total. The maximum Gasteiger partial charge on any atom is 0.243 e. The topological polar surface area (TPSA) is 67.4 Å². The van der Waals surface area contributed by atoms with Crippen molar-refractivity contribution in [3.05, 3.63) is 58.9 Å². The Kier molecular flexibility index (Phi) is 6.14. The van der Waals surface area contributed by atoms with Crippen molar-refractivity contribution in [2.75, 3.05) is 19.0 Å². The lowest BCUT2D eigenvalue weighted by Gasteiger charge is -2.09. The largest absolute Gasteiger partial charge is 0.495 e. The van der Waals surface area contributed by atoms with Gasteiger partial charge in [-0.1, -0.05) is 23.7 Å². The minimum absolute atomic E-state index is 0.000591. The minimum Gasteiger partial charge on any atom is -0.495 e. The molecule has 0 spiro atoms. The van der Waals surface area contributed by atoms with Gasteiger partial charge >= 0.3 is 0 Å². The maximum absolute atomic E-state index is 13.0. The van der Waals surface area contributed by atoms with Gasteiger partial charge in [0, 0.05) is 5.69 Å². The van der Waals surface area contributed by atoms with E-state index < -0.39 is 11.7 Å². The second kappa shape index (κ2) is 8.31. The summed E-state index contributed by atoms with van der Waals surface area (Å²) >= 11 is 5.97. The molecule has 0 saturated heterocycles. The van der Waals surface area contributed by atoms with Crippen LogP contribution in [0.2, 0.25) is 5.02 Å². The van der Waals surface area contributed by atoms with Crippen LogP contribution in [-0.4, -0.2) is 25.5 Å². The van der Waals surface area contributed by atoms with Gasteiger partial charge in [-0.25, -0.2) is 4.39 Å². The molecular weight excluding hydrogens is 335 g/mol. The molecule has 0 saturated carbocycles. The monoisotopic (exact) mass is 350 g/mol. The standard InChI is InChI=1S/C17H16ClFN2O3/c1-24-15-6-5-13(9-14(15)18)21-17(23)10-20-16(22)8-11-3-2-4-12(19)7-11/h2-7,9H,8,10H2,1H3,(H,20,22)(H,21,23). The van der Waals surface area contributed by atoms with Crippen molar-refractivity contribution < 1.29 is 18.7 Å². The molecule has 0 unspecified atom stereocenters. The van der Waals surface area contributed by atoms with E-state index in [-0.39, 0.29) is 18.9 Å². The van der Waals surface area contributed by atoms with Gasteiger partial charge in [0.2, 0.25) is 11.8 Å². The van der Waals surface area contributed by atoms with E-state index >= 15 is 0 Å². The second-order valence-corrected chi connectivity index (χ2v) is 5.39. The molecule has 0 atom stereocenters. The molecule has 0 radical (unpaired) electrons. The first-order valence-corrected chi connectivity index (χ1v) is 7.50. The molecule has 7 heteroatoms. The van der Waals surface area contributed by atoms with Gasteiger partial charge in [0.1, 0.15) is 11.6 Å². The summed E-state index contributed by atoms with van der Waals surface area (Å²) in [5.41, 5.74) is 1.03. The molecule has 0 bridgehead atoms. The van der Waals surface area contributed by atoms with Crippen LogP contribution in [0.25, 0.3) is 0 Å². The highest BCUT2D eigenvalue weighted by Crippen LogP contribution is 2.27. The molecular formula is C17H16ClFN2O3. The maximum atomic E-state index is 13.0. The van der Waals surface area contributed by atoms with Crippen molar-refractivity contribution in [1.82, 2.24) is 5.32 Å². The summed E-state index contributed by atoms with van der Waals surface area (Å²) in [5.74, 6) is -0.681. The van der Waals surface area contributed by atoms with Crippen molar-refractivity contribution in [1.29, 1.82) is 0 Å². The molecule has 2 amide bonds. The SMILES string of the molecule is COc1ccc(NC(=O)CNC(=O)Cc2cccc(F)c2)cc1Cl. The molecule has 2 aromatic carbocycles. The highest BCUT2D eigenvalue weighted by Gasteiger charge is 2.09. The summed E-state index contributed by atoms with van der Waals surface area (Å²) in [5, 5.41) is 5.45. The lowest BCUT2D eigenvalue weighted by molar-refractivity contribution is -0.123. The number of hydrogen-bond acceptors (Lipinski definition) is 3. The van der Waals surface area contributed by atoms with E-state index in [0.717, 1.165) is 0 Å². The summed E-state index contributed by atoms with van der Waals surface area (Å²) in [6, 6.07) is 10.6. The van der Waals surface area contributed by atoms with Gasteiger partial charge in [-0.05, 0) is 35.9 Å². The third-order valence-corrected chi connectivity index (χ3v) is 3.43. The summed E-state index contributed by atoms with van der Waals surface area (Å²) in [4.78, 5) is 23.6. The Morgan fingerprint density at radius 3 is 2.62 bits per heavy atom. The van der Waals surface area contributed by atoms with Gasteiger partial charge in [0.25, 0.3) is 0 Å². The molecule has 0 aromatic heterocycles. The summed E-state index contributed by atoms with van der Waals surface area (Å²) in [7, 11) is 1.49. The first kappa shape index (κ1) is 17.7. The number of hydrogen-bond donors (Lipinski definition) is 2. The Balaban J connectivity index is 1.82. The highest BCUT2D eigenvalue weighted by atomic mass is 35.5. The van der Waals surface area contributed by atoms with Crippen molar-refractivity contribution in [3.63, 3.8) is 0 Å². The van der Waals surface area contributed by atoms with Gasteiger partial charge in [0.15, 0.2) is 0 Å². The first-order valence-electron chi connectivity index (χ1n) is 7.12. The van der Waals surface area contributed by atoms with Gasteiger partial charge < -0.3 is 15.4 Å². The highest BCUT2D eigenvalue weighted by molar-refractivity contribution is 6.32. The van der Waals surface area contributed by atoms with E-state index in [9.17, 15) is 14.0 Å². The van der Waals surface area contributed by atoms with E-state index in [1.807, 2.05) is 0 Å². The second-order valence-electron chi connectivity index (χ2n) is 4.98. The number of anilines is 1. The zero-order valence-electron chi connectivity index (χ0n) is 12.9. The zero-order valence-corrected chi connectivity index (χ0v) is 13.7. The smallest absolute Gasteiger partial charge is 0.243 e. The van der Waals surface area contributed by atoms with Crippen LogP contribution in [0.5, 0.6) is 5.75 Å². The molecule has 0 heterocycles. The molecule has 0 aliphatic rings. The van der Waals surface area contributed by atoms with E-state index in [1.54, 1.807) is 24.3 Å². The summed E-state index contributed by atoms with van der Waals surface area (Å²) < 4.78 is 18.1. The lowest BCUT2D eigenvalue weighted by atomic mass is 10.1. The van der Waals surface area contributed by atoms with E-state index in [4.69, 9.17) is 16.3 Å². The first-order chi connectivity index (χ1) is 11.5. The number of carbonyl (C=O) groups excluding carboxylic acids is 2. The van der Waals surface area contributed by atoms with Crippen LogP contribution in [0.15, 0.2) is 42.5 Å².